The third kappa shape index (κ3) is 2.57. The number of ether oxygens (including phenoxy) is 1. The number of benzene rings is 1. The van der Waals surface area contributed by atoms with Crippen molar-refractivity contribution in [1.82, 2.24) is 0 Å². The van der Waals surface area contributed by atoms with E-state index in [2.05, 4.69) is 4.74 Å². The summed E-state index contributed by atoms with van der Waals surface area (Å²) in [6.45, 7) is 1.59. The van der Waals surface area contributed by atoms with Crippen LogP contribution in [0, 0.1) is 16.7 Å². The Balaban J connectivity index is 2.88. The molecule has 1 aromatic carbocycles. The second kappa shape index (κ2) is 4.61. The van der Waals surface area contributed by atoms with E-state index < -0.39 is 11.4 Å². The van der Waals surface area contributed by atoms with Crippen LogP contribution in [0.25, 0.3) is 0 Å². The van der Waals surface area contributed by atoms with E-state index in [9.17, 15) is 4.79 Å². The van der Waals surface area contributed by atoms with Crippen molar-refractivity contribution in [2.45, 2.75) is 13.3 Å². The Labute approximate surface area is 89.3 Å². The van der Waals surface area contributed by atoms with E-state index in [1.807, 2.05) is 36.4 Å². The lowest BCUT2D eigenvalue weighted by Crippen LogP contribution is -2.29. The van der Waals surface area contributed by atoms with Crippen LogP contribution in [0.1, 0.15) is 12.5 Å². The summed E-state index contributed by atoms with van der Waals surface area (Å²) in [5.41, 5.74) is -0.150. The first kappa shape index (κ1) is 11.3. The van der Waals surface area contributed by atoms with E-state index in [1.54, 1.807) is 6.92 Å². The fraction of sp³-hybridized carbons (Fsp3) is 0.333. The molecule has 0 amide bonds. The number of carbonyl (C=O) groups is 1. The average molecular weight is 203 g/mol. The maximum atomic E-state index is 11.4. The summed E-state index contributed by atoms with van der Waals surface area (Å²) >= 11 is 0. The molecule has 0 N–H and O–H groups in total. The van der Waals surface area contributed by atoms with Crippen LogP contribution in [0.5, 0.6) is 0 Å². The lowest BCUT2D eigenvalue weighted by molar-refractivity contribution is -0.148. The smallest absolute Gasteiger partial charge is 0.326 e. The van der Waals surface area contributed by atoms with Crippen molar-refractivity contribution < 1.29 is 9.53 Å². The van der Waals surface area contributed by atoms with Crippen molar-refractivity contribution in [2.24, 2.45) is 5.41 Å². The molecule has 1 atom stereocenters. The van der Waals surface area contributed by atoms with Crippen molar-refractivity contribution in [2.75, 3.05) is 7.11 Å². The molecule has 78 valence electrons. The number of hydrogen-bond acceptors (Lipinski definition) is 3. The van der Waals surface area contributed by atoms with Crippen LogP contribution in [0.3, 0.4) is 0 Å². The monoisotopic (exact) mass is 203 g/mol. The molecular formula is C12H13NO2. The highest BCUT2D eigenvalue weighted by Crippen LogP contribution is 2.23. The van der Waals surface area contributed by atoms with Gasteiger partial charge in [0.25, 0.3) is 0 Å². The molecule has 0 spiro atoms. The van der Waals surface area contributed by atoms with Crippen molar-refractivity contribution in [3.63, 3.8) is 0 Å². The maximum Gasteiger partial charge on any atom is 0.326 e. The molecule has 1 rings (SSSR count). The van der Waals surface area contributed by atoms with Gasteiger partial charge < -0.3 is 4.74 Å². The third-order valence-corrected chi connectivity index (χ3v) is 2.28. The first-order valence-corrected chi connectivity index (χ1v) is 4.66. The summed E-state index contributed by atoms with van der Waals surface area (Å²) in [5.74, 6) is -0.492. The molecule has 0 bridgehead atoms. The van der Waals surface area contributed by atoms with Gasteiger partial charge in [0.15, 0.2) is 5.41 Å². The zero-order chi connectivity index (χ0) is 11.3. The van der Waals surface area contributed by atoms with Gasteiger partial charge in [-0.2, -0.15) is 5.26 Å². The Hall–Kier alpha value is -1.82. The van der Waals surface area contributed by atoms with E-state index in [1.165, 1.54) is 7.11 Å². The topological polar surface area (TPSA) is 50.1 Å². The molecule has 3 heteroatoms. The molecule has 1 unspecified atom stereocenters. The van der Waals surface area contributed by atoms with Crippen LogP contribution in [0.15, 0.2) is 30.3 Å². The molecule has 0 saturated carbocycles. The van der Waals surface area contributed by atoms with Gasteiger partial charge >= 0.3 is 5.97 Å². The van der Waals surface area contributed by atoms with Crippen molar-refractivity contribution in [3.8, 4) is 6.07 Å². The molecular weight excluding hydrogens is 190 g/mol. The molecule has 0 heterocycles. The van der Waals surface area contributed by atoms with Gasteiger partial charge in [-0.15, -0.1) is 0 Å². The van der Waals surface area contributed by atoms with Crippen molar-refractivity contribution >= 4 is 5.97 Å². The second-order valence-electron chi connectivity index (χ2n) is 3.60. The molecule has 1 aromatic rings. The predicted octanol–water partition coefficient (Wildman–Crippen LogP) is 1.93. The van der Waals surface area contributed by atoms with E-state index >= 15 is 0 Å². The van der Waals surface area contributed by atoms with E-state index in [-0.39, 0.29) is 0 Å². The minimum atomic E-state index is -1.10. The summed E-state index contributed by atoms with van der Waals surface area (Å²) in [6, 6.07) is 11.4. The Morgan fingerprint density at radius 3 is 2.53 bits per heavy atom. The van der Waals surface area contributed by atoms with Crippen LogP contribution in [0.2, 0.25) is 0 Å². The SMILES string of the molecule is COC(=O)C(C)(C#N)Cc1ccccc1. The molecule has 0 aliphatic carbocycles. The lowest BCUT2D eigenvalue weighted by Gasteiger charge is -2.18. The Morgan fingerprint density at radius 1 is 1.47 bits per heavy atom. The fourth-order valence-electron chi connectivity index (χ4n) is 1.39. The van der Waals surface area contributed by atoms with E-state index in [0.29, 0.717) is 6.42 Å². The standard InChI is InChI=1S/C12H13NO2/c1-12(9-13,11(14)15-2)8-10-6-4-3-5-7-10/h3-7H,8H2,1-2H3. The number of hydrogen-bond donors (Lipinski definition) is 0. The highest BCUT2D eigenvalue weighted by Gasteiger charge is 2.34. The summed E-state index contributed by atoms with van der Waals surface area (Å²) in [6.07, 6.45) is 0.372. The molecule has 0 saturated heterocycles. The summed E-state index contributed by atoms with van der Waals surface area (Å²) in [7, 11) is 1.29. The van der Waals surface area contributed by atoms with E-state index in [4.69, 9.17) is 5.26 Å². The van der Waals surface area contributed by atoms with Gasteiger partial charge in [-0.3, -0.25) is 4.79 Å². The van der Waals surface area contributed by atoms with Gasteiger partial charge in [-0.05, 0) is 12.5 Å². The predicted molar refractivity (Wildman–Crippen MR) is 55.9 cm³/mol. The molecule has 0 aromatic heterocycles. The van der Waals surface area contributed by atoms with E-state index in [0.717, 1.165) is 5.56 Å². The zero-order valence-corrected chi connectivity index (χ0v) is 8.86. The molecule has 0 aliphatic rings. The van der Waals surface area contributed by atoms with Crippen LogP contribution >= 0.6 is 0 Å². The Morgan fingerprint density at radius 2 is 2.07 bits per heavy atom. The number of nitrogens with zero attached hydrogens (tertiary/aromatic N) is 1. The quantitative estimate of drug-likeness (QED) is 0.705. The second-order valence-corrected chi connectivity index (χ2v) is 3.60. The zero-order valence-electron chi connectivity index (χ0n) is 8.86. The number of carbonyl (C=O) groups excluding carboxylic acids is 1. The lowest BCUT2D eigenvalue weighted by atomic mass is 9.85. The van der Waals surface area contributed by atoms with Gasteiger partial charge in [0.2, 0.25) is 0 Å². The summed E-state index contributed by atoms with van der Waals surface area (Å²) < 4.78 is 4.62. The number of esters is 1. The molecule has 3 nitrogen and oxygen atoms in total. The van der Waals surface area contributed by atoms with Crippen LogP contribution in [-0.2, 0) is 16.0 Å². The first-order chi connectivity index (χ1) is 7.12. The van der Waals surface area contributed by atoms with Gasteiger partial charge in [-0.1, -0.05) is 30.3 Å². The van der Waals surface area contributed by atoms with Gasteiger partial charge in [-0.25, -0.2) is 0 Å². The molecule has 0 radical (unpaired) electrons. The molecule has 0 aliphatic heterocycles. The van der Waals surface area contributed by atoms with Gasteiger partial charge in [0, 0.05) is 6.42 Å². The third-order valence-electron chi connectivity index (χ3n) is 2.28. The van der Waals surface area contributed by atoms with Crippen molar-refractivity contribution in [3.05, 3.63) is 35.9 Å². The first-order valence-electron chi connectivity index (χ1n) is 4.66. The van der Waals surface area contributed by atoms with Crippen LogP contribution in [0.4, 0.5) is 0 Å². The highest BCUT2D eigenvalue weighted by molar-refractivity contribution is 5.79. The largest absolute Gasteiger partial charge is 0.468 e. The number of methoxy groups -OCH3 is 1. The number of nitriles is 1. The minimum absolute atomic E-state index is 0.372. The Bertz CT molecular complexity index is 380. The normalized spacial score (nSPS) is 13.7. The maximum absolute atomic E-state index is 11.4. The van der Waals surface area contributed by atoms with Gasteiger partial charge in [0.05, 0.1) is 13.2 Å². The summed E-state index contributed by atoms with van der Waals surface area (Å²) in [4.78, 5) is 11.4. The van der Waals surface area contributed by atoms with Gasteiger partial charge in [0.1, 0.15) is 0 Å². The molecule has 15 heavy (non-hydrogen) atoms. The average Bonchev–Trinajstić information content (AvgIpc) is 2.29. The minimum Gasteiger partial charge on any atom is -0.468 e. The number of rotatable bonds is 3. The Kier molecular flexibility index (Phi) is 3.46. The fourth-order valence-corrected chi connectivity index (χ4v) is 1.39. The van der Waals surface area contributed by atoms with Crippen LogP contribution in [-0.4, -0.2) is 13.1 Å². The molecule has 0 fully saturated rings. The van der Waals surface area contributed by atoms with Crippen molar-refractivity contribution in [1.29, 1.82) is 5.26 Å². The summed E-state index contributed by atoms with van der Waals surface area (Å²) in [5, 5.41) is 9.00. The highest BCUT2D eigenvalue weighted by atomic mass is 16.5. The van der Waals surface area contributed by atoms with Crippen LogP contribution < -0.4 is 0 Å².